The van der Waals surface area contributed by atoms with Crippen molar-refractivity contribution in [2.24, 2.45) is 5.41 Å². The second-order valence-corrected chi connectivity index (χ2v) is 6.61. The maximum absolute atomic E-state index is 11.9. The third kappa shape index (κ3) is 4.89. The molecule has 2 nitrogen and oxygen atoms in total. The lowest BCUT2D eigenvalue weighted by atomic mass is 9.90. The summed E-state index contributed by atoms with van der Waals surface area (Å²) in [6, 6.07) is 9.36. The minimum absolute atomic E-state index is 0.335. The first kappa shape index (κ1) is 14.2. The van der Waals surface area contributed by atoms with Crippen LogP contribution in [0.2, 0.25) is 5.02 Å². The van der Waals surface area contributed by atoms with Crippen molar-refractivity contribution in [3.05, 3.63) is 29.3 Å². The van der Waals surface area contributed by atoms with Gasteiger partial charge in [-0.25, -0.2) is 0 Å². The molecule has 1 atom stereocenters. The molecule has 0 aromatic heterocycles. The van der Waals surface area contributed by atoms with Gasteiger partial charge in [-0.2, -0.15) is 5.26 Å². The third-order valence-corrected chi connectivity index (χ3v) is 4.17. The smallest absolute Gasteiger partial charge is 0.0683 e. The van der Waals surface area contributed by atoms with Crippen LogP contribution in [0.5, 0.6) is 0 Å². The van der Waals surface area contributed by atoms with Gasteiger partial charge in [-0.3, -0.25) is 4.21 Å². The van der Waals surface area contributed by atoms with Gasteiger partial charge in [-0.1, -0.05) is 17.7 Å². The van der Waals surface area contributed by atoms with Gasteiger partial charge >= 0.3 is 0 Å². The van der Waals surface area contributed by atoms with Crippen LogP contribution in [-0.4, -0.2) is 9.96 Å². The molecule has 4 heteroatoms. The number of hydrogen-bond donors (Lipinski definition) is 0. The van der Waals surface area contributed by atoms with Crippen molar-refractivity contribution >= 4 is 22.4 Å². The molecule has 0 saturated carbocycles. The van der Waals surface area contributed by atoms with Crippen LogP contribution in [0, 0.1) is 16.7 Å². The normalized spacial score (nSPS) is 13.1. The maximum atomic E-state index is 11.9. The molecule has 92 valence electrons. The molecule has 0 aliphatic heterocycles. The Morgan fingerprint density at radius 2 is 2.18 bits per heavy atom. The molecular weight excluding hydrogens is 254 g/mol. The molecule has 1 rings (SSSR count). The first-order valence-electron chi connectivity index (χ1n) is 5.50. The number of hydrogen-bond acceptors (Lipinski definition) is 2. The van der Waals surface area contributed by atoms with Crippen LogP contribution in [0.4, 0.5) is 0 Å². The van der Waals surface area contributed by atoms with Gasteiger partial charge in [0.1, 0.15) is 0 Å². The van der Waals surface area contributed by atoms with Crippen molar-refractivity contribution in [1.82, 2.24) is 0 Å². The summed E-state index contributed by atoms with van der Waals surface area (Å²) < 4.78 is 11.9. The molecule has 0 saturated heterocycles. The minimum atomic E-state index is -1.02. The largest absolute Gasteiger partial charge is 0.254 e. The van der Waals surface area contributed by atoms with Crippen molar-refractivity contribution in [1.29, 1.82) is 5.26 Å². The summed E-state index contributed by atoms with van der Waals surface area (Å²) in [5.41, 5.74) is -0.335. The van der Waals surface area contributed by atoms with Gasteiger partial charge in [0.25, 0.3) is 0 Å². The highest BCUT2D eigenvalue weighted by Crippen LogP contribution is 2.22. The summed E-state index contributed by atoms with van der Waals surface area (Å²) in [6.45, 7) is 3.80. The fourth-order valence-corrected chi connectivity index (χ4v) is 2.81. The van der Waals surface area contributed by atoms with Crippen LogP contribution >= 0.6 is 11.6 Å². The second kappa shape index (κ2) is 6.18. The Morgan fingerprint density at radius 3 is 2.76 bits per heavy atom. The van der Waals surface area contributed by atoms with E-state index in [1.54, 1.807) is 18.2 Å². The number of halogens is 1. The summed E-state index contributed by atoms with van der Waals surface area (Å²) in [7, 11) is -1.02. The van der Waals surface area contributed by atoms with E-state index in [1.807, 2.05) is 19.9 Å². The van der Waals surface area contributed by atoms with E-state index in [4.69, 9.17) is 16.9 Å². The molecule has 0 spiro atoms. The van der Waals surface area contributed by atoms with E-state index in [0.29, 0.717) is 10.8 Å². The molecule has 0 bridgehead atoms. The Balaban J connectivity index is 2.49. The van der Waals surface area contributed by atoms with Gasteiger partial charge in [-0.15, -0.1) is 0 Å². The summed E-state index contributed by atoms with van der Waals surface area (Å²) in [6.07, 6.45) is 1.54. The maximum Gasteiger partial charge on any atom is 0.0683 e. The minimum Gasteiger partial charge on any atom is -0.254 e. The summed E-state index contributed by atoms with van der Waals surface area (Å²) in [4.78, 5) is 0.757. The summed E-state index contributed by atoms with van der Waals surface area (Å²) >= 11 is 5.84. The van der Waals surface area contributed by atoms with E-state index >= 15 is 0 Å². The van der Waals surface area contributed by atoms with Crippen LogP contribution in [0.25, 0.3) is 0 Å². The molecule has 0 fully saturated rings. The second-order valence-electron chi connectivity index (χ2n) is 4.61. The molecule has 0 aliphatic carbocycles. The standard InChI is InChI=1S/C13H16ClNOS/c1-13(2,10-15)7-4-8-17(16)12-6-3-5-11(14)9-12/h3,5-6,9H,4,7-8H2,1-2H3. The van der Waals surface area contributed by atoms with Gasteiger partial charge in [0.2, 0.25) is 0 Å². The van der Waals surface area contributed by atoms with E-state index < -0.39 is 10.8 Å². The van der Waals surface area contributed by atoms with Crippen molar-refractivity contribution in [2.75, 3.05) is 5.75 Å². The molecule has 1 aromatic carbocycles. The predicted octanol–water partition coefficient (Wildman–Crippen LogP) is 3.78. The van der Waals surface area contributed by atoms with E-state index in [0.717, 1.165) is 17.7 Å². The number of rotatable bonds is 5. The van der Waals surface area contributed by atoms with Crippen LogP contribution in [-0.2, 0) is 10.8 Å². The van der Waals surface area contributed by atoms with E-state index in [2.05, 4.69) is 6.07 Å². The average Bonchev–Trinajstić information content (AvgIpc) is 2.28. The highest BCUT2D eigenvalue weighted by Gasteiger charge is 2.16. The number of nitriles is 1. The van der Waals surface area contributed by atoms with E-state index in [1.165, 1.54) is 0 Å². The Labute approximate surface area is 110 Å². The van der Waals surface area contributed by atoms with E-state index in [-0.39, 0.29) is 5.41 Å². The monoisotopic (exact) mass is 269 g/mol. The van der Waals surface area contributed by atoms with Crippen molar-refractivity contribution in [2.45, 2.75) is 31.6 Å². The van der Waals surface area contributed by atoms with Gasteiger partial charge in [0, 0.05) is 15.7 Å². The van der Waals surface area contributed by atoms with Gasteiger partial charge in [0.05, 0.1) is 22.3 Å². The lowest BCUT2D eigenvalue weighted by molar-refractivity contribution is 0.447. The molecule has 1 aromatic rings. The Bertz CT molecular complexity index is 451. The van der Waals surface area contributed by atoms with Crippen LogP contribution < -0.4 is 0 Å². The molecular formula is C13H16ClNOS. The van der Waals surface area contributed by atoms with Crippen LogP contribution in [0.1, 0.15) is 26.7 Å². The van der Waals surface area contributed by atoms with Gasteiger partial charge < -0.3 is 0 Å². The SMILES string of the molecule is CC(C)(C#N)CCCS(=O)c1cccc(Cl)c1. The highest BCUT2D eigenvalue weighted by atomic mass is 35.5. The van der Waals surface area contributed by atoms with E-state index in [9.17, 15) is 4.21 Å². The molecule has 17 heavy (non-hydrogen) atoms. The molecule has 0 heterocycles. The fraction of sp³-hybridized carbons (Fsp3) is 0.462. The summed E-state index contributed by atoms with van der Waals surface area (Å²) in [5.74, 6) is 0.575. The number of benzene rings is 1. The van der Waals surface area contributed by atoms with Crippen molar-refractivity contribution < 1.29 is 4.21 Å². The lowest BCUT2D eigenvalue weighted by Crippen LogP contribution is -2.09. The Morgan fingerprint density at radius 1 is 1.47 bits per heavy atom. The van der Waals surface area contributed by atoms with Gasteiger partial charge in [-0.05, 0) is 44.9 Å². The Kier molecular flexibility index (Phi) is 5.17. The van der Waals surface area contributed by atoms with Crippen molar-refractivity contribution in [3.8, 4) is 6.07 Å². The van der Waals surface area contributed by atoms with Crippen molar-refractivity contribution in [3.63, 3.8) is 0 Å². The first-order chi connectivity index (χ1) is 7.94. The molecule has 0 N–H and O–H groups in total. The molecule has 1 unspecified atom stereocenters. The predicted molar refractivity (Wildman–Crippen MR) is 71.4 cm³/mol. The average molecular weight is 270 g/mol. The van der Waals surface area contributed by atoms with Gasteiger partial charge in [0.15, 0.2) is 0 Å². The van der Waals surface area contributed by atoms with Crippen LogP contribution in [0.15, 0.2) is 29.2 Å². The fourth-order valence-electron chi connectivity index (χ4n) is 1.43. The summed E-state index contributed by atoms with van der Waals surface area (Å²) in [5, 5.41) is 9.47. The number of nitrogens with zero attached hydrogens (tertiary/aromatic N) is 1. The molecule has 0 aliphatic rings. The zero-order valence-electron chi connectivity index (χ0n) is 10.1. The zero-order chi connectivity index (χ0) is 12.9. The zero-order valence-corrected chi connectivity index (χ0v) is 11.6. The molecule has 0 amide bonds. The topological polar surface area (TPSA) is 40.9 Å². The van der Waals surface area contributed by atoms with Crippen LogP contribution in [0.3, 0.4) is 0 Å². The highest BCUT2D eigenvalue weighted by molar-refractivity contribution is 7.85. The molecule has 0 radical (unpaired) electrons. The first-order valence-corrected chi connectivity index (χ1v) is 7.19. The Hall–Kier alpha value is -0.850. The third-order valence-electron chi connectivity index (χ3n) is 2.49. The lowest BCUT2D eigenvalue weighted by Gasteiger charge is -2.14. The quantitative estimate of drug-likeness (QED) is 0.816.